The third kappa shape index (κ3) is 6.23. The lowest BCUT2D eigenvalue weighted by molar-refractivity contribution is -0.132. The highest BCUT2D eigenvalue weighted by Crippen LogP contribution is 2.28. The normalized spacial score (nSPS) is 16.6. The minimum atomic E-state index is 0.139. The molecular formula is C14H27N3O3. The minimum absolute atomic E-state index is 0.139. The fraction of sp³-hybridized carbons (Fsp3) is 0.857. The van der Waals surface area contributed by atoms with Crippen LogP contribution in [0.5, 0.6) is 0 Å². The molecule has 0 radical (unpaired) electrons. The second-order valence-corrected chi connectivity index (χ2v) is 5.40. The Balaban J connectivity index is 2.36. The molecule has 1 rings (SSSR count). The molecule has 1 saturated carbocycles. The summed E-state index contributed by atoms with van der Waals surface area (Å²) in [5, 5.41) is 11.5. The van der Waals surface area contributed by atoms with Gasteiger partial charge in [-0.3, -0.25) is 4.79 Å². The lowest BCUT2D eigenvalue weighted by atomic mass is 10.0. The van der Waals surface area contributed by atoms with Gasteiger partial charge in [0.2, 0.25) is 5.91 Å². The highest BCUT2D eigenvalue weighted by Gasteiger charge is 2.19. The van der Waals surface area contributed by atoms with Crippen molar-refractivity contribution in [2.24, 2.45) is 16.8 Å². The summed E-state index contributed by atoms with van der Waals surface area (Å²) in [4.78, 5) is 14.0. The Morgan fingerprint density at radius 2 is 2.05 bits per heavy atom. The summed E-state index contributed by atoms with van der Waals surface area (Å²) in [6, 6.07) is 0. The molecule has 0 bridgehead atoms. The zero-order chi connectivity index (χ0) is 14.8. The molecule has 6 nitrogen and oxygen atoms in total. The highest BCUT2D eigenvalue weighted by atomic mass is 16.5. The van der Waals surface area contributed by atoms with Gasteiger partial charge in [-0.1, -0.05) is 30.8 Å². The van der Waals surface area contributed by atoms with Crippen LogP contribution in [0, 0.1) is 5.92 Å². The first kappa shape index (κ1) is 16.8. The molecule has 0 spiro atoms. The van der Waals surface area contributed by atoms with E-state index in [0.717, 1.165) is 6.42 Å². The van der Waals surface area contributed by atoms with E-state index in [9.17, 15) is 4.79 Å². The molecule has 0 heterocycles. The van der Waals surface area contributed by atoms with Crippen LogP contribution < -0.4 is 5.73 Å². The molecule has 0 unspecified atom stereocenters. The number of carbonyl (C=O) groups excluding carboxylic acids is 1. The summed E-state index contributed by atoms with van der Waals surface area (Å²) in [5.74, 6) is 1.00. The number of rotatable bonds is 9. The molecule has 0 aliphatic heterocycles. The van der Waals surface area contributed by atoms with Crippen LogP contribution in [-0.4, -0.2) is 48.7 Å². The van der Waals surface area contributed by atoms with Gasteiger partial charge in [0.1, 0.15) is 5.84 Å². The van der Waals surface area contributed by atoms with Gasteiger partial charge in [-0.25, -0.2) is 0 Å². The van der Waals surface area contributed by atoms with E-state index in [1.807, 2.05) is 0 Å². The van der Waals surface area contributed by atoms with Crippen molar-refractivity contribution in [1.29, 1.82) is 0 Å². The number of nitrogens with two attached hydrogens (primary N) is 1. The number of amidine groups is 1. The molecule has 1 aliphatic rings. The first-order valence-electron chi connectivity index (χ1n) is 7.40. The lowest BCUT2D eigenvalue weighted by Crippen LogP contribution is -2.36. The van der Waals surface area contributed by atoms with Crippen LogP contribution in [0.25, 0.3) is 0 Å². The number of hydrogen-bond donors (Lipinski definition) is 2. The van der Waals surface area contributed by atoms with Gasteiger partial charge in [0.15, 0.2) is 0 Å². The number of ether oxygens (including phenoxy) is 1. The molecule has 1 aliphatic carbocycles. The van der Waals surface area contributed by atoms with Crippen molar-refractivity contribution >= 4 is 11.7 Å². The largest absolute Gasteiger partial charge is 0.409 e. The minimum Gasteiger partial charge on any atom is -0.409 e. The maximum atomic E-state index is 12.2. The quantitative estimate of drug-likeness (QED) is 0.291. The van der Waals surface area contributed by atoms with Gasteiger partial charge in [-0.2, -0.15) is 0 Å². The summed E-state index contributed by atoms with van der Waals surface area (Å²) in [7, 11) is 1.62. The van der Waals surface area contributed by atoms with Gasteiger partial charge in [-0.05, 0) is 12.3 Å². The predicted molar refractivity (Wildman–Crippen MR) is 77.7 cm³/mol. The molecule has 0 aromatic carbocycles. The second-order valence-electron chi connectivity index (χ2n) is 5.40. The summed E-state index contributed by atoms with van der Waals surface area (Å²) in [6.07, 6.45) is 7.07. The van der Waals surface area contributed by atoms with Crippen molar-refractivity contribution in [2.45, 2.75) is 44.9 Å². The van der Waals surface area contributed by atoms with Gasteiger partial charge in [-0.15, -0.1) is 0 Å². The number of amides is 1. The summed E-state index contributed by atoms with van der Waals surface area (Å²) < 4.78 is 5.03. The van der Waals surface area contributed by atoms with Crippen LogP contribution in [0.3, 0.4) is 0 Å². The van der Waals surface area contributed by atoms with E-state index in [4.69, 9.17) is 15.7 Å². The van der Waals surface area contributed by atoms with E-state index in [0.29, 0.717) is 38.5 Å². The van der Waals surface area contributed by atoms with Gasteiger partial charge in [0.25, 0.3) is 0 Å². The van der Waals surface area contributed by atoms with E-state index in [2.05, 4.69) is 5.16 Å². The molecule has 0 aromatic heterocycles. The summed E-state index contributed by atoms with van der Waals surface area (Å²) in [5.41, 5.74) is 5.45. The molecule has 3 N–H and O–H groups in total. The van der Waals surface area contributed by atoms with E-state index in [1.54, 1.807) is 12.0 Å². The molecule has 1 fully saturated rings. The maximum Gasteiger partial charge on any atom is 0.222 e. The Hall–Kier alpha value is -1.30. The van der Waals surface area contributed by atoms with E-state index in [-0.39, 0.29) is 11.7 Å². The molecule has 0 aromatic rings. The molecule has 116 valence electrons. The van der Waals surface area contributed by atoms with Gasteiger partial charge in [0, 0.05) is 33.0 Å². The summed E-state index contributed by atoms with van der Waals surface area (Å²) >= 11 is 0. The third-order valence-electron chi connectivity index (χ3n) is 3.93. The van der Waals surface area contributed by atoms with Crippen molar-refractivity contribution in [3.05, 3.63) is 0 Å². The first-order valence-corrected chi connectivity index (χ1v) is 7.40. The Labute approximate surface area is 120 Å². The first-order chi connectivity index (χ1) is 9.67. The Morgan fingerprint density at radius 1 is 1.35 bits per heavy atom. The van der Waals surface area contributed by atoms with Crippen molar-refractivity contribution in [3.63, 3.8) is 0 Å². The van der Waals surface area contributed by atoms with Crippen LogP contribution in [0.1, 0.15) is 44.9 Å². The molecule has 20 heavy (non-hydrogen) atoms. The van der Waals surface area contributed by atoms with Crippen molar-refractivity contribution < 1.29 is 14.7 Å². The number of oxime groups is 1. The fourth-order valence-electron chi connectivity index (χ4n) is 2.65. The summed E-state index contributed by atoms with van der Waals surface area (Å²) in [6.45, 7) is 1.53. The molecule has 0 atom stereocenters. The Bertz CT molecular complexity index is 315. The predicted octanol–water partition coefficient (Wildman–Crippen LogP) is 1.57. The number of nitrogens with zero attached hydrogens (tertiary/aromatic N) is 2. The third-order valence-corrected chi connectivity index (χ3v) is 3.93. The Kier molecular flexibility index (Phi) is 8.02. The van der Waals surface area contributed by atoms with Crippen LogP contribution in [0.2, 0.25) is 0 Å². The van der Waals surface area contributed by atoms with Crippen LogP contribution in [-0.2, 0) is 9.53 Å². The van der Waals surface area contributed by atoms with Crippen molar-refractivity contribution in [2.75, 3.05) is 26.8 Å². The smallest absolute Gasteiger partial charge is 0.222 e. The standard InChI is InChI=1S/C14H27N3O3/c1-20-11-10-17(9-8-13(15)16-19)14(18)7-6-12-4-2-3-5-12/h12,19H,2-11H2,1H3,(H2,15,16). The van der Waals surface area contributed by atoms with E-state index in [1.165, 1.54) is 25.7 Å². The zero-order valence-corrected chi connectivity index (χ0v) is 12.4. The monoisotopic (exact) mass is 285 g/mol. The van der Waals surface area contributed by atoms with Gasteiger partial charge >= 0.3 is 0 Å². The van der Waals surface area contributed by atoms with Gasteiger partial charge < -0.3 is 20.6 Å². The van der Waals surface area contributed by atoms with Gasteiger partial charge in [0.05, 0.1) is 6.61 Å². The molecule has 1 amide bonds. The number of hydrogen-bond acceptors (Lipinski definition) is 4. The Morgan fingerprint density at radius 3 is 2.65 bits per heavy atom. The molecular weight excluding hydrogens is 258 g/mol. The van der Waals surface area contributed by atoms with Crippen LogP contribution >= 0.6 is 0 Å². The average molecular weight is 285 g/mol. The van der Waals surface area contributed by atoms with E-state index < -0.39 is 0 Å². The average Bonchev–Trinajstić information content (AvgIpc) is 2.97. The lowest BCUT2D eigenvalue weighted by Gasteiger charge is -2.23. The number of carbonyl (C=O) groups is 1. The van der Waals surface area contributed by atoms with Crippen LogP contribution in [0.4, 0.5) is 0 Å². The SMILES string of the molecule is COCCN(CCC(N)=NO)C(=O)CCC1CCCC1. The van der Waals surface area contributed by atoms with Crippen LogP contribution in [0.15, 0.2) is 5.16 Å². The zero-order valence-electron chi connectivity index (χ0n) is 12.4. The number of methoxy groups -OCH3 is 1. The van der Waals surface area contributed by atoms with Crippen molar-refractivity contribution in [3.8, 4) is 0 Å². The van der Waals surface area contributed by atoms with E-state index >= 15 is 0 Å². The highest BCUT2D eigenvalue weighted by molar-refractivity contribution is 5.81. The van der Waals surface area contributed by atoms with Crippen molar-refractivity contribution in [1.82, 2.24) is 4.90 Å². The fourth-order valence-corrected chi connectivity index (χ4v) is 2.65. The molecule has 6 heteroatoms. The molecule has 0 saturated heterocycles. The topological polar surface area (TPSA) is 88.2 Å². The second kappa shape index (κ2) is 9.58. The maximum absolute atomic E-state index is 12.2.